The summed E-state index contributed by atoms with van der Waals surface area (Å²) in [4.78, 5) is 0. The fourth-order valence-corrected chi connectivity index (χ4v) is 15.4. The van der Waals surface area contributed by atoms with Gasteiger partial charge in [0.1, 0.15) is 91.6 Å². The van der Waals surface area contributed by atoms with E-state index in [4.69, 9.17) is 47.4 Å². The summed E-state index contributed by atoms with van der Waals surface area (Å²) in [5.41, 5.74) is 1.50. The molecule has 22 heteroatoms. The first-order chi connectivity index (χ1) is 34.6. The highest BCUT2D eigenvalue weighted by Crippen LogP contribution is 2.70. The molecule has 4 aliphatic carbocycles. The molecule has 0 radical (unpaired) electrons. The lowest BCUT2D eigenvalue weighted by Crippen LogP contribution is -2.66. The number of fused-ring (bicyclic) bond motifs is 7. The van der Waals surface area contributed by atoms with Crippen LogP contribution in [0, 0.1) is 46.3 Å². The molecular formula is C51H82O22. The van der Waals surface area contributed by atoms with E-state index in [9.17, 15) is 61.3 Å². The lowest BCUT2D eigenvalue weighted by atomic mass is 9.47. The Balaban J connectivity index is 0.764. The van der Waals surface area contributed by atoms with E-state index in [1.807, 2.05) is 0 Å². The lowest BCUT2D eigenvalue weighted by Gasteiger charge is -2.58. The van der Waals surface area contributed by atoms with E-state index >= 15 is 0 Å². The molecule has 9 fully saturated rings. The maximum atomic E-state index is 11.3. The Labute approximate surface area is 425 Å². The van der Waals surface area contributed by atoms with E-state index in [1.165, 1.54) is 12.5 Å². The number of aliphatic hydroxyl groups excluding tert-OH is 12. The summed E-state index contributed by atoms with van der Waals surface area (Å²) in [5.74, 6) is 2.55. The van der Waals surface area contributed by atoms with Crippen molar-refractivity contribution in [3.05, 3.63) is 11.6 Å². The molecular weight excluding hydrogens is 965 g/mol. The van der Waals surface area contributed by atoms with Gasteiger partial charge in [-0.15, -0.1) is 0 Å². The Morgan fingerprint density at radius 1 is 0.603 bits per heavy atom. The van der Waals surface area contributed by atoms with Crippen LogP contribution in [-0.4, -0.2) is 229 Å². The van der Waals surface area contributed by atoms with Gasteiger partial charge in [0.15, 0.2) is 30.9 Å². The highest BCUT2D eigenvalue weighted by atomic mass is 16.8. The third-order valence-electron chi connectivity index (χ3n) is 19.8. The second kappa shape index (κ2) is 21.2. The van der Waals surface area contributed by atoms with Crippen molar-refractivity contribution in [1.82, 2.24) is 0 Å². The van der Waals surface area contributed by atoms with Gasteiger partial charge in [0.2, 0.25) is 0 Å². The zero-order valence-corrected chi connectivity index (χ0v) is 42.4. The largest absolute Gasteiger partial charge is 0.394 e. The SMILES string of the molecule is CC1CCC2(OC1)OC1CC3C4CC=C5CC(OC6OC(COC7OC(C)C(O)C(O)C7OC7OC(CO)C(OC8OC(CO)C(O)C(O)C8O)C(O)C7O)C(O)C(O)C6O)CCC5(C)C4CCC3(C)C1C2C. The summed E-state index contributed by atoms with van der Waals surface area (Å²) in [5, 5.41) is 129. The minimum atomic E-state index is -2.00. The third-order valence-corrected chi connectivity index (χ3v) is 19.8. The first-order valence-corrected chi connectivity index (χ1v) is 26.9. The van der Waals surface area contributed by atoms with E-state index in [0.29, 0.717) is 48.3 Å². The summed E-state index contributed by atoms with van der Waals surface area (Å²) < 4.78 is 60.7. The van der Waals surface area contributed by atoms with Crippen LogP contribution in [0.2, 0.25) is 0 Å². The van der Waals surface area contributed by atoms with Gasteiger partial charge in [0.05, 0.1) is 44.7 Å². The van der Waals surface area contributed by atoms with Crippen LogP contribution < -0.4 is 0 Å². The maximum Gasteiger partial charge on any atom is 0.187 e. The Kier molecular flexibility index (Phi) is 16.0. The fraction of sp³-hybridized carbons (Fsp3) is 0.961. The Bertz CT molecular complexity index is 1920. The standard InChI is InChI=1S/C51H82O22/c1-20-8-13-51(65-18-20)21(2)32-28(73-51)15-27-25-7-6-23-14-24(9-11-49(23,4)26(25)10-12-50(27,32)5)67-45-40(61)37(58)35(56)31(70-45)19-64-48-44(38(59)33(54)22(3)66-48)72-47-42(63)39(60)43(30(17-53)69-47)71-46-41(62)36(57)34(55)29(16-52)68-46/h6,20-22,24-48,52-63H,7-19H2,1-5H3. The molecule has 6 saturated heterocycles. The molecule has 1 spiro atoms. The van der Waals surface area contributed by atoms with Gasteiger partial charge in [-0.25, -0.2) is 0 Å². The minimum absolute atomic E-state index is 0.0243. The molecule has 3 saturated carbocycles. The van der Waals surface area contributed by atoms with E-state index in [0.717, 1.165) is 51.6 Å². The molecule has 31 atom stereocenters. The predicted octanol–water partition coefficient (Wildman–Crippen LogP) is -1.96. The minimum Gasteiger partial charge on any atom is -0.394 e. The van der Waals surface area contributed by atoms with Crippen LogP contribution in [0.25, 0.3) is 0 Å². The molecule has 418 valence electrons. The van der Waals surface area contributed by atoms with Crippen molar-refractivity contribution >= 4 is 0 Å². The topological polar surface area (TPSA) is 335 Å². The molecule has 0 amide bonds. The van der Waals surface area contributed by atoms with Crippen molar-refractivity contribution in [1.29, 1.82) is 0 Å². The Hall–Kier alpha value is -1.14. The number of allylic oxidation sites excluding steroid dienone is 1. The van der Waals surface area contributed by atoms with Crippen LogP contribution in [0.4, 0.5) is 0 Å². The van der Waals surface area contributed by atoms with Crippen molar-refractivity contribution in [2.45, 2.75) is 233 Å². The van der Waals surface area contributed by atoms with E-state index in [-0.39, 0.29) is 23.0 Å². The Morgan fingerprint density at radius 2 is 1.22 bits per heavy atom. The first-order valence-electron chi connectivity index (χ1n) is 26.9. The van der Waals surface area contributed by atoms with Crippen molar-refractivity contribution in [2.24, 2.45) is 46.3 Å². The fourth-order valence-electron chi connectivity index (χ4n) is 15.4. The molecule has 73 heavy (non-hydrogen) atoms. The van der Waals surface area contributed by atoms with Gasteiger partial charge in [-0.2, -0.15) is 0 Å². The lowest BCUT2D eigenvalue weighted by molar-refractivity contribution is -0.386. The molecule has 0 aromatic carbocycles. The first kappa shape index (κ1) is 55.2. The van der Waals surface area contributed by atoms with Crippen LogP contribution >= 0.6 is 0 Å². The van der Waals surface area contributed by atoms with Crippen molar-refractivity contribution < 1.29 is 109 Å². The van der Waals surface area contributed by atoms with Gasteiger partial charge in [-0.05, 0) is 98.7 Å². The van der Waals surface area contributed by atoms with Gasteiger partial charge >= 0.3 is 0 Å². The quantitative estimate of drug-likeness (QED) is 0.1000. The van der Waals surface area contributed by atoms with Gasteiger partial charge in [-0.1, -0.05) is 39.3 Å². The van der Waals surface area contributed by atoms with Gasteiger partial charge in [-0.3, -0.25) is 0 Å². The molecule has 6 heterocycles. The summed E-state index contributed by atoms with van der Waals surface area (Å²) in [6, 6.07) is 0. The van der Waals surface area contributed by atoms with Crippen LogP contribution in [0.1, 0.15) is 92.4 Å². The van der Waals surface area contributed by atoms with Crippen molar-refractivity contribution in [3.8, 4) is 0 Å². The molecule has 10 rings (SSSR count). The molecule has 31 unspecified atom stereocenters. The zero-order chi connectivity index (χ0) is 52.2. The second-order valence-corrected chi connectivity index (χ2v) is 23.9. The number of hydrogen-bond donors (Lipinski definition) is 12. The third kappa shape index (κ3) is 9.52. The maximum absolute atomic E-state index is 11.3. The molecule has 22 nitrogen and oxygen atoms in total. The number of ether oxygens (including phenoxy) is 10. The van der Waals surface area contributed by atoms with E-state index in [2.05, 4.69) is 33.8 Å². The summed E-state index contributed by atoms with van der Waals surface area (Å²) in [6.07, 6.45) is -21.9. The molecule has 10 aliphatic rings. The normalized spacial score (nSPS) is 57.1. The highest BCUT2D eigenvalue weighted by molar-refractivity contribution is 5.26. The summed E-state index contributed by atoms with van der Waals surface area (Å²) >= 11 is 0. The van der Waals surface area contributed by atoms with E-state index < -0.39 is 148 Å². The van der Waals surface area contributed by atoms with E-state index in [1.54, 1.807) is 0 Å². The zero-order valence-electron chi connectivity index (χ0n) is 42.4. The van der Waals surface area contributed by atoms with Crippen molar-refractivity contribution in [3.63, 3.8) is 0 Å². The Morgan fingerprint density at radius 3 is 1.89 bits per heavy atom. The van der Waals surface area contributed by atoms with Crippen LogP contribution in [0.3, 0.4) is 0 Å². The van der Waals surface area contributed by atoms with Crippen LogP contribution in [0.5, 0.6) is 0 Å². The van der Waals surface area contributed by atoms with Gasteiger partial charge < -0.3 is 109 Å². The van der Waals surface area contributed by atoms with Crippen LogP contribution in [0.15, 0.2) is 11.6 Å². The highest BCUT2D eigenvalue weighted by Gasteiger charge is 2.69. The number of hydrogen-bond acceptors (Lipinski definition) is 22. The predicted molar refractivity (Wildman–Crippen MR) is 247 cm³/mol. The van der Waals surface area contributed by atoms with Crippen molar-refractivity contribution in [2.75, 3.05) is 26.4 Å². The molecule has 0 bridgehead atoms. The molecule has 6 aliphatic heterocycles. The average molecular weight is 1050 g/mol. The van der Waals surface area contributed by atoms with Gasteiger partial charge in [0, 0.05) is 12.3 Å². The monoisotopic (exact) mass is 1050 g/mol. The smallest absolute Gasteiger partial charge is 0.187 e. The average Bonchev–Trinajstić information content (AvgIpc) is 3.82. The molecule has 0 aromatic rings. The number of aliphatic hydroxyl groups is 12. The summed E-state index contributed by atoms with van der Waals surface area (Å²) in [7, 11) is 0. The summed E-state index contributed by atoms with van der Waals surface area (Å²) in [6.45, 7) is 9.61. The molecule has 12 N–H and O–H groups in total. The van der Waals surface area contributed by atoms with Crippen LogP contribution in [-0.2, 0) is 47.4 Å². The second-order valence-electron chi connectivity index (χ2n) is 23.9. The number of rotatable bonds is 11. The van der Waals surface area contributed by atoms with Gasteiger partial charge in [0.25, 0.3) is 0 Å². The molecule has 0 aromatic heterocycles.